The van der Waals surface area contributed by atoms with E-state index in [2.05, 4.69) is 26.1 Å². The predicted molar refractivity (Wildman–Crippen MR) is 96.8 cm³/mol. The number of benzene rings is 2. The summed E-state index contributed by atoms with van der Waals surface area (Å²) in [7, 11) is 0. The number of carbonyl (C=O) groups excluding carboxylic acids is 1. The first-order valence-electron chi connectivity index (χ1n) is 8.28. The quantitative estimate of drug-likeness (QED) is 0.626. The summed E-state index contributed by atoms with van der Waals surface area (Å²) in [6.45, 7) is 0.579. The average Bonchev–Trinajstić information content (AvgIpc) is 3.31. The van der Waals surface area contributed by atoms with Crippen LogP contribution in [-0.4, -0.2) is 27.5 Å². The molecule has 2 aromatic carbocycles. The maximum absolute atomic E-state index is 13.4. The van der Waals surface area contributed by atoms with Gasteiger partial charge in [0, 0.05) is 22.1 Å². The molecule has 3 aromatic rings. The third-order valence-corrected chi connectivity index (χ3v) is 4.94. The van der Waals surface area contributed by atoms with Crippen LogP contribution in [0.3, 0.4) is 0 Å². The van der Waals surface area contributed by atoms with Gasteiger partial charge >= 0.3 is 0 Å². The van der Waals surface area contributed by atoms with Gasteiger partial charge in [-0.3, -0.25) is 4.79 Å². The summed E-state index contributed by atoms with van der Waals surface area (Å²) in [5, 5.41) is 4.04. The van der Waals surface area contributed by atoms with Gasteiger partial charge in [-0.2, -0.15) is 4.98 Å². The zero-order valence-electron chi connectivity index (χ0n) is 13.7. The Hall–Kier alpha value is -2.54. The van der Waals surface area contributed by atoms with Gasteiger partial charge in [0.15, 0.2) is 0 Å². The maximum atomic E-state index is 13.4. The van der Waals surface area contributed by atoms with Crippen LogP contribution in [0.4, 0.5) is 4.39 Å². The van der Waals surface area contributed by atoms with Crippen molar-refractivity contribution >= 4 is 21.8 Å². The molecular formula is C19H15BrFN3O2. The van der Waals surface area contributed by atoms with Crippen LogP contribution in [-0.2, 0) is 0 Å². The van der Waals surface area contributed by atoms with E-state index in [1.54, 1.807) is 11.0 Å². The third-order valence-electron chi connectivity index (χ3n) is 4.41. The van der Waals surface area contributed by atoms with Crippen LogP contribution in [0.1, 0.15) is 35.1 Å². The first-order valence-corrected chi connectivity index (χ1v) is 9.07. The fourth-order valence-electron chi connectivity index (χ4n) is 3.14. The second kappa shape index (κ2) is 6.99. The molecule has 4 rings (SSSR count). The molecule has 7 heteroatoms. The smallest absolute Gasteiger partial charge is 0.254 e. The van der Waals surface area contributed by atoms with Gasteiger partial charge in [0.25, 0.3) is 5.91 Å². The van der Waals surface area contributed by atoms with E-state index in [4.69, 9.17) is 4.52 Å². The molecule has 2 heterocycles. The van der Waals surface area contributed by atoms with Crippen LogP contribution in [0, 0.1) is 5.82 Å². The van der Waals surface area contributed by atoms with E-state index in [1.165, 1.54) is 18.2 Å². The first-order chi connectivity index (χ1) is 12.6. The van der Waals surface area contributed by atoms with E-state index in [-0.39, 0.29) is 11.9 Å². The number of carbonyl (C=O) groups is 1. The van der Waals surface area contributed by atoms with Crippen molar-refractivity contribution in [1.82, 2.24) is 15.0 Å². The summed E-state index contributed by atoms with van der Waals surface area (Å²) in [5.74, 6) is 0.236. The summed E-state index contributed by atoms with van der Waals surface area (Å²) in [6, 6.07) is 13.0. The molecule has 1 saturated heterocycles. The molecule has 1 aromatic heterocycles. The number of nitrogens with zero attached hydrogens (tertiary/aromatic N) is 3. The van der Waals surface area contributed by atoms with Crippen LogP contribution in [0.15, 0.2) is 57.5 Å². The van der Waals surface area contributed by atoms with Crippen LogP contribution < -0.4 is 0 Å². The second-order valence-electron chi connectivity index (χ2n) is 6.13. The Balaban J connectivity index is 1.59. The van der Waals surface area contributed by atoms with Crippen molar-refractivity contribution < 1.29 is 13.7 Å². The van der Waals surface area contributed by atoms with Crippen LogP contribution in [0.25, 0.3) is 11.4 Å². The molecule has 1 aliphatic rings. The highest BCUT2D eigenvalue weighted by atomic mass is 79.9. The first kappa shape index (κ1) is 16.9. The summed E-state index contributed by atoms with van der Waals surface area (Å²) in [4.78, 5) is 18.9. The number of aromatic nitrogens is 2. The Labute approximate surface area is 158 Å². The molecule has 1 aliphatic heterocycles. The Kier molecular flexibility index (Phi) is 4.55. The van der Waals surface area contributed by atoms with Crippen LogP contribution >= 0.6 is 15.9 Å². The van der Waals surface area contributed by atoms with Crippen molar-refractivity contribution in [2.75, 3.05) is 6.54 Å². The molecular weight excluding hydrogens is 401 g/mol. The van der Waals surface area contributed by atoms with E-state index >= 15 is 0 Å². The molecule has 0 bridgehead atoms. The Morgan fingerprint density at radius 3 is 2.81 bits per heavy atom. The summed E-state index contributed by atoms with van der Waals surface area (Å²) >= 11 is 3.39. The lowest BCUT2D eigenvalue weighted by atomic mass is 10.1. The van der Waals surface area contributed by atoms with E-state index in [0.717, 1.165) is 22.9 Å². The van der Waals surface area contributed by atoms with Gasteiger partial charge in [0.2, 0.25) is 11.7 Å². The SMILES string of the molecule is O=C(c1cccc(F)c1)N1CCCC1c1nc(-c2ccc(Br)cc2)no1. The number of hydrogen-bond donors (Lipinski definition) is 0. The molecule has 26 heavy (non-hydrogen) atoms. The molecule has 1 fully saturated rings. The molecule has 132 valence electrons. The fraction of sp³-hybridized carbons (Fsp3) is 0.211. The normalized spacial score (nSPS) is 16.8. The van der Waals surface area contributed by atoms with Crippen LogP contribution in [0.5, 0.6) is 0 Å². The number of rotatable bonds is 3. The highest BCUT2D eigenvalue weighted by molar-refractivity contribution is 9.10. The topological polar surface area (TPSA) is 59.2 Å². The largest absolute Gasteiger partial charge is 0.337 e. The zero-order chi connectivity index (χ0) is 18.1. The molecule has 5 nitrogen and oxygen atoms in total. The molecule has 1 unspecified atom stereocenters. The standard InChI is InChI=1S/C19H15BrFN3O2/c20-14-8-6-12(7-9-14)17-22-18(26-23-17)16-5-2-10-24(16)19(25)13-3-1-4-15(21)11-13/h1,3-4,6-9,11,16H,2,5,10H2. The highest BCUT2D eigenvalue weighted by Gasteiger charge is 2.34. The average molecular weight is 416 g/mol. The van der Waals surface area contributed by atoms with Gasteiger partial charge in [0.05, 0.1) is 0 Å². The summed E-state index contributed by atoms with van der Waals surface area (Å²) < 4.78 is 19.8. The van der Waals surface area contributed by atoms with Crippen molar-refractivity contribution in [3.63, 3.8) is 0 Å². The minimum Gasteiger partial charge on any atom is -0.337 e. The monoisotopic (exact) mass is 415 g/mol. The Morgan fingerprint density at radius 2 is 2.04 bits per heavy atom. The van der Waals surface area contributed by atoms with Gasteiger partial charge in [-0.05, 0) is 55.3 Å². The van der Waals surface area contributed by atoms with Gasteiger partial charge in [-0.25, -0.2) is 4.39 Å². The lowest BCUT2D eigenvalue weighted by Gasteiger charge is -2.21. The van der Waals surface area contributed by atoms with Crippen molar-refractivity contribution in [3.05, 3.63) is 70.3 Å². The summed E-state index contributed by atoms with van der Waals surface area (Å²) in [6.07, 6.45) is 1.57. The zero-order valence-corrected chi connectivity index (χ0v) is 15.3. The highest BCUT2D eigenvalue weighted by Crippen LogP contribution is 2.33. The molecule has 1 atom stereocenters. The maximum Gasteiger partial charge on any atom is 0.254 e. The minimum absolute atomic E-state index is 0.226. The van der Waals surface area contributed by atoms with E-state index in [1.807, 2.05) is 24.3 Å². The number of amides is 1. The number of hydrogen-bond acceptors (Lipinski definition) is 4. The Bertz CT molecular complexity index is 942. The Morgan fingerprint density at radius 1 is 1.23 bits per heavy atom. The van der Waals surface area contributed by atoms with Gasteiger partial charge in [0.1, 0.15) is 11.9 Å². The van der Waals surface area contributed by atoms with Crippen molar-refractivity contribution in [2.45, 2.75) is 18.9 Å². The van der Waals surface area contributed by atoms with Crippen LogP contribution in [0.2, 0.25) is 0 Å². The minimum atomic E-state index is -0.429. The number of halogens is 2. The molecule has 1 amide bonds. The fourth-order valence-corrected chi connectivity index (χ4v) is 3.40. The summed E-state index contributed by atoms with van der Waals surface area (Å²) in [5.41, 5.74) is 1.16. The van der Waals surface area contributed by atoms with E-state index in [9.17, 15) is 9.18 Å². The lowest BCUT2D eigenvalue weighted by Crippen LogP contribution is -2.30. The van der Waals surface area contributed by atoms with Crippen molar-refractivity contribution in [2.24, 2.45) is 0 Å². The van der Waals surface area contributed by atoms with Crippen molar-refractivity contribution in [3.8, 4) is 11.4 Å². The van der Waals surface area contributed by atoms with Gasteiger partial charge in [-0.1, -0.05) is 27.2 Å². The second-order valence-corrected chi connectivity index (χ2v) is 7.05. The molecule has 0 radical (unpaired) electrons. The molecule has 0 N–H and O–H groups in total. The van der Waals surface area contributed by atoms with E-state index < -0.39 is 5.82 Å². The number of likely N-dealkylation sites (tertiary alicyclic amines) is 1. The van der Waals surface area contributed by atoms with E-state index in [0.29, 0.717) is 23.8 Å². The molecule has 0 saturated carbocycles. The van der Waals surface area contributed by atoms with Crippen molar-refractivity contribution in [1.29, 1.82) is 0 Å². The lowest BCUT2D eigenvalue weighted by molar-refractivity contribution is 0.0709. The molecule has 0 aliphatic carbocycles. The third kappa shape index (κ3) is 3.26. The van der Waals surface area contributed by atoms with Gasteiger partial charge in [-0.15, -0.1) is 0 Å². The van der Waals surface area contributed by atoms with Gasteiger partial charge < -0.3 is 9.42 Å². The predicted octanol–water partition coefficient (Wildman–Crippen LogP) is 4.62. The molecule has 0 spiro atoms.